The van der Waals surface area contributed by atoms with Crippen LogP contribution in [0.4, 0.5) is 4.79 Å². The van der Waals surface area contributed by atoms with Crippen molar-refractivity contribution >= 4 is 18.0 Å². The smallest absolute Gasteiger partial charge is 0.338 e. The number of hydrogen-bond acceptors (Lipinski definition) is 6. The van der Waals surface area contributed by atoms with Crippen molar-refractivity contribution in [2.24, 2.45) is 0 Å². The summed E-state index contributed by atoms with van der Waals surface area (Å²) in [4.78, 5) is 35.2. The van der Waals surface area contributed by atoms with Crippen molar-refractivity contribution in [3.8, 4) is 5.75 Å². The summed E-state index contributed by atoms with van der Waals surface area (Å²) in [6, 6.07) is 5.44. The molecule has 0 radical (unpaired) electrons. The molecule has 2 rings (SSSR count). The van der Waals surface area contributed by atoms with E-state index in [1.807, 2.05) is 0 Å². The van der Waals surface area contributed by atoms with Crippen molar-refractivity contribution in [1.29, 1.82) is 0 Å². The van der Waals surface area contributed by atoms with Gasteiger partial charge in [0.05, 0.1) is 18.2 Å². The van der Waals surface area contributed by atoms with E-state index in [4.69, 9.17) is 14.2 Å². The predicted molar refractivity (Wildman–Crippen MR) is 87.7 cm³/mol. The van der Waals surface area contributed by atoms with Gasteiger partial charge in [-0.25, -0.2) is 9.59 Å². The Hall–Kier alpha value is -2.87. The highest BCUT2D eigenvalue weighted by atomic mass is 16.6. The van der Waals surface area contributed by atoms with Gasteiger partial charge in [0.2, 0.25) is 0 Å². The molecule has 0 saturated carbocycles. The fourth-order valence-electron chi connectivity index (χ4n) is 2.40. The molecule has 1 heterocycles. The minimum atomic E-state index is -0.671. The van der Waals surface area contributed by atoms with E-state index in [9.17, 15) is 14.4 Å². The van der Waals surface area contributed by atoms with E-state index in [0.717, 1.165) is 0 Å². The molecule has 0 fully saturated rings. The summed E-state index contributed by atoms with van der Waals surface area (Å²) in [5, 5.41) is 5.26. The van der Waals surface area contributed by atoms with Gasteiger partial charge in [-0.1, -0.05) is 12.1 Å². The summed E-state index contributed by atoms with van der Waals surface area (Å²) in [5.74, 6) is -0.599. The largest absolute Gasteiger partial charge is 0.460 e. The van der Waals surface area contributed by atoms with Crippen LogP contribution in [0.5, 0.6) is 5.75 Å². The van der Waals surface area contributed by atoms with Crippen LogP contribution >= 0.6 is 0 Å². The quantitative estimate of drug-likeness (QED) is 0.458. The number of amides is 2. The molecule has 0 bridgehead atoms. The molecular weight excluding hydrogens is 328 g/mol. The van der Waals surface area contributed by atoms with Crippen LogP contribution in [-0.2, 0) is 19.1 Å². The van der Waals surface area contributed by atoms with Crippen molar-refractivity contribution in [3.63, 3.8) is 0 Å². The lowest BCUT2D eigenvalue weighted by Gasteiger charge is -2.28. The number of methoxy groups -OCH3 is 1. The third-order valence-corrected chi connectivity index (χ3v) is 3.48. The second-order valence-corrected chi connectivity index (χ2v) is 5.36. The standard InChI is InChI=1S/C17H20N2O6/c1-10-14(16(21)24-9-8-23-3)15(19-17(22)18-10)12-4-6-13(7-5-12)25-11(2)20/h4-7,15H,8-9H2,1-3H3,(H2,18,19,22). The third kappa shape index (κ3) is 4.80. The Bertz CT molecular complexity index is 696. The average Bonchev–Trinajstić information content (AvgIpc) is 2.54. The molecule has 0 saturated heterocycles. The molecule has 25 heavy (non-hydrogen) atoms. The van der Waals surface area contributed by atoms with Gasteiger partial charge in [-0.3, -0.25) is 4.79 Å². The molecule has 134 valence electrons. The fourth-order valence-corrected chi connectivity index (χ4v) is 2.40. The van der Waals surface area contributed by atoms with Crippen LogP contribution < -0.4 is 15.4 Å². The molecule has 8 nitrogen and oxygen atoms in total. The Balaban J connectivity index is 2.25. The molecule has 1 atom stereocenters. The molecule has 1 aliphatic rings. The summed E-state index contributed by atoms with van der Waals surface area (Å²) in [6.45, 7) is 3.32. The van der Waals surface area contributed by atoms with Gasteiger partial charge < -0.3 is 24.8 Å². The lowest BCUT2D eigenvalue weighted by molar-refractivity contribution is -0.140. The van der Waals surface area contributed by atoms with Gasteiger partial charge in [-0.15, -0.1) is 0 Å². The third-order valence-electron chi connectivity index (χ3n) is 3.48. The van der Waals surface area contributed by atoms with Crippen LogP contribution in [0, 0.1) is 0 Å². The van der Waals surface area contributed by atoms with Gasteiger partial charge >= 0.3 is 18.0 Å². The zero-order chi connectivity index (χ0) is 18.4. The maximum Gasteiger partial charge on any atom is 0.338 e. The maximum absolute atomic E-state index is 12.4. The molecule has 1 aliphatic heterocycles. The number of benzene rings is 1. The van der Waals surface area contributed by atoms with Crippen LogP contribution in [0.3, 0.4) is 0 Å². The van der Waals surface area contributed by atoms with Crippen molar-refractivity contribution in [2.45, 2.75) is 19.9 Å². The first kappa shape index (κ1) is 18.5. The minimum absolute atomic E-state index is 0.109. The number of hydrogen-bond donors (Lipinski definition) is 2. The normalized spacial score (nSPS) is 16.8. The van der Waals surface area contributed by atoms with E-state index >= 15 is 0 Å². The van der Waals surface area contributed by atoms with Crippen LogP contribution in [0.15, 0.2) is 35.5 Å². The van der Waals surface area contributed by atoms with Crippen molar-refractivity contribution in [1.82, 2.24) is 10.6 Å². The van der Waals surface area contributed by atoms with E-state index in [2.05, 4.69) is 10.6 Å². The summed E-state index contributed by atoms with van der Waals surface area (Å²) >= 11 is 0. The Kier molecular flexibility index (Phi) is 6.13. The first-order valence-electron chi connectivity index (χ1n) is 7.65. The van der Waals surface area contributed by atoms with Crippen LogP contribution in [0.2, 0.25) is 0 Å². The number of carbonyl (C=O) groups excluding carboxylic acids is 3. The van der Waals surface area contributed by atoms with E-state index in [1.54, 1.807) is 31.2 Å². The molecular formula is C17H20N2O6. The monoisotopic (exact) mass is 348 g/mol. The number of urea groups is 1. The Morgan fingerprint density at radius 1 is 1.16 bits per heavy atom. The number of rotatable bonds is 6. The van der Waals surface area contributed by atoms with Crippen molar-refractivity contribution < 1.29 is 28.6 Å². The first-order valence-corrected chi connectivity index (χ1v) is 7.65. The van der Waals surface area contributed by atoms with Gasteiger partial charge in [0.15, 0.2) is 0 Å². The van der Waals surface area contributed by atoms with Crippen molar-refractivity contribution in [3.05, 3.63) is 41.1 Å². The van der Waals surface area contributed by atoms with Gasteiger partial charge in [0.25, 0.3) is 0 Å². The topological polar surface area (TPSA) is 103 Å². The summed E-state index contributed by atoms with van der Waals surface area (Å²) < 4.78 is 15.0. The average molecular weight is 348 g/mol. The molecule has 1 unspecified atom stereocenters. The zero-order valence-electron chi connectivity index (χ0n) is 14.3. The number of ether oxygens (including phenoxy) is 3. The lowest BCUT2D eigenvalue weighted by Crippen LogP contribution is -2.45. The molecule has 8 heteroatoms. The second kappa shape index (κ2) is 8.29. The zero-order valence-corrected chi connectivity index (χ0v) is 14.3. The molecule has 2 N–H and O–H groups in total. The highest BCUT2D eigenvalue weighted by molar-refractivity contribution is 5.95. The van der Waals surface area contributed by atoms with E-state index < -0.39 is 24.0 Å². The second-order valence-electron chi connectivity index (χ2n) is 5.36. The molecule has 2 amide bonds. The number of allylic oxidation sites excluding steroid dienone is 1. The number of esters is 2. The van der Waals surface area contributed by atoms with E-state index in [-0.39, 0.29) is 13.2 Å². The van der Waals surface area contributed by atoms with Gasteiger partial charge in [-0.2, -0.15) is 0 Å². The van der Waals surface area contributed by atoms with Gasteiger partial charge in [0, 0.05) is 19.7 Å². The van der Waals surface area contributed by atoms with E-state index in [1.165, 1.54) is 14.0 Å². The number of nitrogens with one attached hydrogen (secondary N) is 2. The SMILES string of the molecule is COCCOC(=O)C1=C(C)NC(=O)NC1c1ccc(OC(C)=O)cc1. The Labute approximate surface area is 145 Å². The van der Waals surface area contributed by atoms with Gasteiger partial charge in [-0.05, 0) is 24.6 Å². The van der Waals surface area contributed by atoms with E-state index in [0.29, 0.717) is 22.6 Å². The lowest BCUT2D eigenvalue weighted by atomic mass is 9.95. The first-order chi connectivity index (χ1) is 11.9. The fraction of sp³-hybridized carbons (Fsp3) is 0.353. The summed E-state index contributed by atoms with van der Waals surface area (Å²) in [6.07, 6.45) is 0. The maximum atomic E-state index is 12.4. The Morgan fingerprint density at radius 2 is 1.84 bits per heavy atom. The highest BCUT2D eigenvalue weighted by Crippen LogP contribution is 2.28. The highest BCUT2D eigenvalue weighted by Gasteiger charge is 2.32. The number of carbonyl (C=O) groups is 3. The Morgan fingerprint density at radius 3 is 2.44 bits per heavy atom. The molecule has 1 aromatic rings. The minimum Gasteiger partial charge on any atom is -0.460 e. The summed E-state index contributed by atoms with van der Waals surface area (Å²) in [5.41, 5.74) is 1.37. The molecule has 0 aliphatic carbocycles. The molecule has 0 spiro atoms. The molecule has 0 aromatic heterocycles. The predicted octanol–water partition coefficient (Wildman–Crippen LogP) is 1.43. The van der Waals surface area contributed by atoms with Crippen LogP contribution in [0.1, 0.15) is 25.5 Å². The molecule has 1 aromatic carbocycles. The van der Waals surface area contributed by atoms with Crippen molar-refractivity contribution in [2.75, 3.05) is 20.3 Å². The van der Waals surface area contributed by atoms with Crippen LogP contribution in [0.25, 0.3) is 0 Å². The van der Waals surface area contributed by atoms with Crippen LogP contribution in [-0.4, -0.2) is 38.3 Å². The summed E-state index contributed by atoms with van der Waals surface area (Å²) in [7, 11) is 1.51. The van der Waals surface area contributed by atoms with Gasteiger partial charge in [0.1, 0.15) is 12.4 Å².